The molecule has 0 aliphatic carbocycles. The number of hydrogen-bond acceptors (Lipinski definition) is 2. The zero-order chi connectivity index (χ0) is 11.1. The van der Waals surface area contributed by atoms with Gasteiger partial charge in [-0.25, -0.2) is 0 Å². The van der Waals surface area contributed by atoms with E-state index in [0.717, 1.165) is 12.7 Å². The van der Waals surface area contributed by atoms with E-state index in [1.807, 2.05) is 30.3 Å². The molecule has 0 radical (unpaired) electrons. The summed E-state index contributed by atoms with van der Waals surface area (Å²) in [6, 6.07) is 9.73. The number of amidine groups is 1. The standard InChI is InChI=1S/C12H16N2O/c1-10(13)14-12(9-15)8-7-11-5-3-2-4-6-11/h2-6,9,12H,7-8H2,1H3,(H2,13,14). The zero-order valence-corrected chi connectivity index (χ0v) is 8.89. The van der Waals surface area contributed by atoms with Gasteiger partial charge in [0, 0.05) is 0 Å². The number of rotatable bonds is 5. The first-order valence-electron chi connectivity index (χ1n) is 5.01. The fraction of sp³-hybridized carbons (Fsp3) is 0.333. The van der Waals surface area contributed by atoms with Crippen LogP contribution in [-0.2, 0) is 11.2 Å². The summed E-state index contributed by atoms with van der Waals surface area (Å²) in [5.74, 6) is 0.458. The van der Waals surface area contributed by atoms with Crippen molar-refractivity contribution in [2.45, 2.75) is 25.8 Å². The van der Waals surface area contributed by atoms with Crippen LogP contribution in [0.15, 0.2) is 35.3 Å². The van der Waals surface area contributed by atoms with Gasteiger partial charge in [0.15, 0.2) is 0 Å². The van der Waals surface area contributed by atoms with Gasteiger partial charge in [0.25, 0.3) is 0 Å². The number of nitrogens with two attached hydrogens (primary N) is 1. The van der Waals surface area contributed by atoms with Crippen molar-refractivity contribution in [2.24, 2.45) is 10.7 Å². The summed E-state index contributed by atoms with van der Waals surface area (Å²) in [5, 5.41) is 0. The van der Waals surface area contributed by atoms with Crippen LogP contribution in [0.4, 0.5) is 0 Å². The first-order chi connectivity index (χ1) is 7.22. The van der Waals surface area contributed by atoms with Crippen molar-refractivity contribution in [1.29, 1.82) is 0 Å². The van der Waals surface area contributed by atoms with E-state index >= 15 is 0 Å². The molecule has 1 atom stereocenters. The molecule has 1 aromatic rings. The lowest BCUT2D eigenvalue weighted by molar-refractivity contribution is -0.108. The molecule has 0 aliphatic heterocycles. The number of benzene rings is 1. The predicted octanol–water partition coefficient (Wildman–Crippen LogP) is 1.56. The number of aryl methyl sites for hydroxylation is 1. The molecule has 80 valence electrons. The van der Waals surface area contributed by atoms with Crippen LogP contribution in [-0.4, -0.2) is 18.2 Å². The summed E-state index contributed by atoms with van der Waals surface area (Å²) < 4.78 is 0. The molecule has 0 aliphatic rings. The van der Waals surface area contributed by atoms with Gasteiger partial charge in [0.1, 0.15) is 12.3 Å². The van der Waals surface area contributed by atoms with Crippen molar-refractivity contribution in [3.05, 3.63) is 35.9 Å². The first-order valence-corrected chi connectivity index (χ1v) is 5.01. The molecule has 15 heavy (non-hydrogen) atoms. The van der Waals surface area contributed by atoms with Crippen LogP contribution in [0.2, 0.25) is 0 Å². The molecule has 3 heteroatoms. The van der Waals surface area contributed by atoms with Gasteiger partial charge >= 0.3 is 0 Å². The number of nitrogens with zero attached hydrogens (tertiary/aromatic N) is 1. The Morgan fingerprint density at radius 1 is 1.47 bits per heavy atom. The Labute approximate surface area is 90.0 Å². The van der Waals surface area contributed by atoms with Gasteiger partial charge in [0.2, 0.25) is 0 Å². The maximum absolute atomic E-state index is 10.7. The topological polar surface area (TPSA) is 55.4 Å². The highest BCUT2D eigenvalue weighted by molar-refractivity contribution is 5.79. The van der Waals surface area contributed by atoms with Crippen LogP contribution >= 0.6 is 0 Å². The van der Waals surface area contributed by atoms with Gasteiger partial charge in [-0.05, 0) is 25.3 Å². The molecule has 0 spiro atoms. The Morgan fingerprint density at radius 2 is 2.13 bits per heavy atom. The maximum Gasteiger partial charge on any atom is 0.144 e. The minimum Gasteiger partial charge on any atom is -0.388 e. The minimum absolute atomic E-state index is 0.310. The average molecular weight is 204 g/mol. The molecule has 1 rings (SSSR count). The van der Waals surface area contributed by atoms with Crippen LogP contribution in [0.25, 0.3) is 0 Å². The van der Waals surface area contributed by atoms with Crippen molar-refractivity contribution in [3.63, 3.8) is 0 Å². The lowest BCUT2D eigenvalue weighted by atomic mass is 10.1. The van der Waals surface area contributed by atoms with Crippen molar-refractivity contribution in [1.82, 2.24) is 0 Å². The van der Waals surface area contributed by atoms with Crippen LogP contribution in [0, 0.1) is 0 Å². The van der Waals surface area contributed by atoms with Crippen LogP contribution in [0.1, 0.15) is 18.9 Å². The number of aliphatic imine (C=N–C) groups is 1. The van der Waals surface area contributed by atoms with E-state index in [1.165, 1.54) is 5.56 Å². The fourth-order valence-electron chi connectivity index (χ4n) is 1.38. The molecule has 0 aromatic heterocycles. The van der Waals surface area contributed by atoms with Gasteiger partial charge < -0.3 is 10.5 Å². The molecule has 0 amide bonds. The highest BCUT2D eigenvalue weighted by Crippen LogP contribution is 2.05. The van der Waals surface area contributed by atoms with Crippen molar-refractivity contribution < 1.29 is 4.79 Å². The van der Waals surface area contributed by atoms with Gasteiger partial charge in [-0.1, -0.05) is 30.3 Å². The normalized spacial score (nSPS) is 13.5. The Balaban J connectivity index is 2.48. The van der Waals surface area contributed by atoms with E-state index in [-0.39, 0.29) is 6.04 Å². The molecule has 0 saturated carbocycles. The molecule has 0 bridgehead atoms. The number of carbonyl (C=O) groups excluding carboxylic acids is 1. The smallest absolute Gasteiger partial charge is 0.144 e. The summed E-state index contributed by atoms with van der Waals surface area (Å²) in [5.41, 5.74) is 6.65. The third-order valence-corrected chi connectivity index (χ3v) is 2.10. The van der Waals surface area contributed by atoms with E-state index in [0.29, 0.717) is 12.3 Å². The van der Waals surface area contributed by atoms with E-state index in [4.69, 9.17) is 5.73 Å². The van der Waals surface area contributed by atoms with Crippen molar-refractivity contribution >= 4 is 12.1 Å². The third-order valence-electron chi connectivity index (χ3n) is 2.10. The number of aldehydes is 1. The van der Waals surface area contributed by atoms with Crippen LogP contribution in [0.3, 0.4) is 0 Å². The molecule has 2 N–H and O–H groups in total. The largest absolute Gasteiger partial charge is 0.388 e. The van der Waals surface area contributed by atoms with Gasteiger partial charge in [-0.3, -0.25) is 4.99 Å². The summed E-state index contributed by atoms with van der Waals surface area (Å²) in [6.07, 6.45) is 2.41. The Morgan fingerprint density at radius 3 is 2.67 bits per heavy atom. The Bertz CT molecular complexity index is 329. The second-order valence-corrected chi connectivity index (χ2v) is 3.50. The quantitative estimate of drug-likeness (QED) is 0.449. The average Bonchev–Trinajstić information content (AvgIpc) is 2.25. The lowest BCUT2D eigenvalue weighted by Gasteiger charge is -2.05. The van der Waals surface area contributed by atoms with Crippen LogP contribution < -0.4 is 5.73 Å². The molecule has 0 saturated heterocycles. The highest BCUT2D eigenvalue weighted by atomic mass is 16.1. The molecule has 1 unspecified atom stereocenters. The molecule has 1 aromatic carbocycles. The summed E-state index contributed by atoms with van der Waals surface area (Å²) >= 11 is 0. The van der Waals surface area contributed by atoms with Gasteiger partial charge in [0.05, 0.1) is 5.84 Å². The molecule has 0 fully saturated rings. The summed E-state index contributed by atoms with van der Waals surface area (Å²) in [4.78, 5) is 14.7. The lowest BCUT2D eigenvalue weighted by Crippen LogP contribution is -2.15. The zero-order valence-electron chi connectivity index (χ0n) is 8.89. The number of carbonyl (C=O) groups is 1. The second-order valence-electron chi connectivity index (χ2n) is 3.50. The van der Waals surface area contributed by atoms with Crippen molar-refractivity contribution in [3.8, 4) is 0 Å². The second kappa shape index (κ2) is 5.96. The molecular formula is C12H16N2O. The monoisotopic (exact) mass is 204 g/mol. The van der Waals surface area contributed by atoms with E-state index < -0.39 is 0 Å². The number of hydrogen-bond donors (Lipinski definition) is 1. The fourth-order valence-corrected chi connectivity index (χ4v) is 1.38. The molecule has 3 nitrogen and oxygen atoms in total. The Kier molecular flexibility index (Phi) is 4.54. The van der Waals surface area contributed by atoms with E-state index in [9.17, 15) is 4.79 Å². The highest BCUT2D eigenvalue weighted by Gasteiger charge is 2.04. The van der Waals surface area contributed by atoms with E-state index in [1.54, 1.807) is 6.92 Å². The van der Waals surface area contributed by atoms with Gasteiger partial charge in [-0.15, -0.1) is 0 Å². The van der Waals surface area contributed by atoms with Crippen LogP contribution in [0.5, 0.6) is 0 Å². The van der Waals surface area contributed by atoms with Crippen molar-refractivity contribution in [2.75, 3.05) is 0 Å². The predicted molar refractivity (Wildman–Crippen MR) is 61.9 cm³/mol. The SMILES string of the molecule is CC(N)=NC(C=O)CCc1ccccc1. The first kappa shape index (κ1) is 11.4. The minimum atomic E-state index is -0.310. The summed E-state index contributed by atoms with van der Waals surface area (Å²) in [7, 11) is 0. The molecular weight excluding hydrogens is 188 g/mol. The summed E-state index contributed by atoms with van der Waals surface area (Å²) in [6.45, 7) is 1.69. The third kappa shape index (κ3) is 4.40. The van der Waals surface area contributed by atoms with E-state index in [2.05, 4.69) is 4.99 Å². The van der Waals surface area contributed by atoms with Gasteiger partial charge in [-0.2, -0.15) is 0 Å². The maximum atomic E-state index is 10.7. The Hall–Kier alpha value is -1.64. The molecule has 0 heterocycles.